The summed E-state index contributed by atoms with van der Waals surface area (Å²) in [5, 5.41) is 122. The summed E-state index contributed by atoms with van der Waals surface area (Å²) < 4.78 is 40.5. The topological polar surface area (TPSA) is 374 Å². The molecule has 0 bridgehead atoms. The zero-order chi connectivity index (χ0) is 40.2. The molecule has 312 valence electrons. The monoisotopic (exact) mass is 789 g/mol. The molecule has 24 heteroatoms. The third-order valence-corrected chi connectivity index (χ3v) is 9.41. The van der Waals surface area contributed by atoms with Crippen LogP contribution < -0.4 is 16.0 Å². The molecule has 0 spiro atoms. The number of hydrogen-bond donors (Lipinski definition) is 14. The summed E-state index contributed by atoms with van der Waals surface area (Å²) in [6, 6.07) is -4.71. The summed E-state index contributed by atoms with van der Waals surface area (Å²) in [4.78, 5) is 36.6. The van der Waals surface area contributed by atoms with Crippen LogP contribution >= 0.6 is 0 Å². The maximum atomic E-state index is 12.4. The van der Waals surface area contributed by atoms with Gasteiger partial charge in [-0.15, -0.1) is 0 Å². The number of nitrogens with one attached hydrogen (secondary N) is 3. The molecule has 0 unspecified atom stereocenters. The Hall–Kier alpha value is -2.31. The van der Waals surface area contributed by atoms with Gasteiger partial charge in [-0.3, -0.25) is 14.4 Å². The highest BCUT2D eigenvalue weighted by Gasteiger charge is 2.56. The molecule has 0 saturated carbocycles. The van der Waals surface area contributed by atoms with Gasteiger partial charge < -0.3 is 105 Å². The molecule has 4 aliphatic heterocycles. The molecule has 0 aliphatic carbocycles. The van der Waals surface area contributed by atoms with Crippen LogP contribution in [0.4, 0.5) is 0 Å². The highest BCUT2D eigenvalue weighted by molar-refractivity contribution is 5.74. The standard InChI is InChI=1S/C30H51N3O21/c1-8(38)31-15-20(43)18(41)11(4-34)49-28(15)52-24-13(6-36)51-29(16(21(24)44)32-9(2)39)53-25-14(7-37)48-27(47)17(33-10(3)40)26(25)54-30-23(46)22(45)19(42)12(5-35)50-30/h11-30,34-37,41-47H,4-7H2,1-3H3,(H,31,38)(H,32,39)(H,33,40)/t11-,12-,13-,14-,15-,16-,17-,18-,19-,20-,21-,22+,23+,24-,25-,26-,27-,28+,29+,30+/m1/s1. The number of carbonyl (C=O) groups is 3. The Balaban J connectivity index is 1.68. The molecule has 4 aliphatic rings. The van der Waals surface area contributed by atoms with Gasteiger partial charge in [-0.1, -0.05) is 0 Å². The van der Waals surface area contributed by atoms with Crippen molar-refractivity contribution in [3.05, 3.63) is 0 Å². The Bertz CT molecular complexity index is 1250. The lowest BCUT2D eigenvalue weighted by atomic mass is 9.93. The number of carbonyl (C=O) groups excluding carboxylic acids is 3. The second kappa shape index (κ2) is 19.2. The van der Waals surface area contributed by atoms with Crippen LogP contribution in [0.3, 0.4) is 0 Å². The van der Waals surface area contributed by atoms with Crippen LogP contribution in [-0.4, -0.2) is 223 Å². The van der Waals surface area contributed by atoms with Gasteiger partial charge in [-0.25, -0.2) is 0 Å². The summed E-state index contributed by atoms with van der Waals surface area (Å²) in [6.07, 6.45) is -29.5. The van der Waals surface area contributed by atoms with Gasteiger partial charge in [0.1, 0.15) is 97.5 Å². The summed E-state index contributed by atoms with van der Waals surface area (Å²) in [5.74, 6) is -2.19. The van der Waals surface area contributed by atoms with Crippen LogP contribution in [-0.2, 0) is 47.5 Å². The zero-order valence-corrected chi connectivity index (χ0v) is 29.4. The molecule has 14 N–H and O–H groups in total. The molecule has 24 nitrogen and oxygen atoms in total. The van der Waals surface area contributed by atoms with Crippen molar-refractivity contribution in [2.24, 2.45) is 0 Å². The molecular weight excluding hydrogens is 738 g/mol. The van der Waals surface area contributed by atoms with Gasteiger partial charge in [0.2, 0.25) is 17.7 Å². The van der Waals surface area contributed by atoms with E-state index in [0.717, 1.165) is 20.8 Å². The fourth-order valence-corrected chi connectivity index (χ4v) is 6.75. The quantitative estimate of drug-likeness (QED) is 0.0823. The summed E-state index contributed by atoms with van der Waals surface area (Å²) in [5.41, 5.74) is 0. The Morgan fingerprint density at radius 3 is 1.33 bits per heavy atom. The maximum Gasteiger partial charge on any atom is 0.217 e. The van der Waals surface area contributed by atoms with Crippen LogP contribution in [0.15, 0.2) is 0 Å². The van der Waals surface area contributed by atoms with Crippen LogP contribution in [0.25, 0.3) is 0 Å². The molecule has 0 aromatic heterocycles. The Kier molecular flexibility index (Phi) is 15.8. The summed E-state index contributed by atoms with van der Waals surface area (Å²) in [6.45, 7) is -0.265. The lowest BCUT2D eigenvalue weighted by molar-refractivity contribution is -0.371. The van der Waals surface area contributed by atoms with Crippen molar-refractivity contribution in [2.45, 2.75) is 143 Å². The van der Waals surface area contributed by atoms with Gasteiger partial charge in [0.25, 0.3) is 0 Å². The second-order valence-electron chi connectivity index (χ2n) is 13.3. The van der Waals surface area contributed by atoms with Gasteiger partial charge >= 0.3 is 0 Å². The van der Waals surface area contributed by atoms with E-state index in [1.165, 1.54) is 0 Å². The molecule has 0 aromatic carbocycles. The SMILES string of the molecule is CC(=O)N[C@@H]1[C@@H](O[C@@H]2O[C@H](CO)[C@@H](O)[C@H](O)[C@@H]2O)[C@H](O[C@@H]2O[C@H](CO)[C@@H](O[C@@H]3O[C@H](CO)[C@@H](O)[C@H](O)[C@H]3NC(C)=O)[C@H](O)[C@H]2NC(C)=O)[C@@H](CO)O[C@H]1O. The van der Waals surface area contributed by atoms with Gasteiger partial charge in [0, 0.05) is 20.8 Å². The van der Waals surface area contributed by atoms with Gasteiger partial charge in [-0.2, -0.15) is 0 Å². The van der Waals surface area contributed by atoms with Gasteiger partial charge in [-0.05, 0) is 0 Å². The Labute approximate surface area is 307 Å². The van der Waals surface area contributed by atoms with E-state index < -0.39 is 167 Å². The molecule has 0 radical (unpaired) electrons. The average molecular weight is 790 g/mol. The molecule has 54 heavy (non-hydrogen) atoms. The van der Waals surface area contributed by atoms with Crippen molar-refractivity contribution in [1.82, 2.24) is 16.0 Å². The fraction of sp³-hybridized carbons (Fsp3) is 0.900. The number of rotatable bonds is 13. The van der Waals surface area contributed by atoms with E-state index in [2.05, 4.69) is 16.0 Å². The van der Waals surface area contributed by atoms with Crippen molar-refractivity contribution in [1.29, 1.82) is 0 Å². The van der Waals surface area contributed by atoms with E-state index in [1.807, 2.05) is 0 Å². The fourth-order valence-electron chi connectivity index (χ4n) is 6.75. The zero-order valence-electron chi connectivity index (χ0n) is 29.4. The molecule has 0 aromatic rings. The highest BCUT2D eigenvalue weighted by Crippen LogP contribution is 2.35. The minimum Gasteiger partial charge on any atom is -0.394 e. The van der Waals surface area contributed by atoms with Crippen LogP contribution in [0.1, 0.15) is 20.8 Å². The van der Waals surface area contributed by atoms with Gasteiger partial charge in [0.05, 0.1) is 26.4 Å². The van der Waals surface area contributed by atoms with Crippen molar-refractivity contribution in [3.63, 3.8) is 0 Å². The first-order valence-electron chi connectivity index (χ1n) is 17.1. The van der Waals surface area contributed by atoms with E-state index in [4.69, 9.17) is 33.2 Å². The highest BCUT2D eigenvalue weighted by atomic mass is 16.8. The predicted octanol–water partition coefficient (Wildman–Crippen LogP) is -9.32. The molecule has 20 atom stereocenters. The summed E-state index contributed by atoms with van der Waals surface area (Å²) >= 11 is 0. The van der Waals surface area contributed by atoms with Crippen LogP contribution in [0.5, 0.6) is 0 Å². The maximum absolute atomic E-state index is 12.4. The first-order chi connectivity index (χ1) is 25.5. The molecule has 3 amide bonds. The van der Waals surface area contributed by atoms with Gasteiger partial charge in [0.15, 0.2) is 25.2 Å². The smallest absolute Gasteiger partial charge is 0.217 e. The number of hydrogen-bond acceptors (Lipinski definition) is 21. The lowest BCUT2D eigenvalue weighted by Gasteiger charge is -2.51. The molecular formula is C30H51N3O21. The van der Waals surface area contributed by atoms with E-state index in [1.54, 1.807) is 0 Å². The largest absolute Gasteiger partial charge is 0.394 e. The van der Waals surface area contributed by atoms with Crippen molar-refractivity contribution in [3.8, 4) is 0 Å². The summed E-state index contributed by atoms with van der Waals surface area (Å²) in [7, 11) is 0. The minimum absolute atomic E-state index is 0.689. The van der Waals surface area contributed by atoms with Crippen LogP contribution in [0.2, 0.25) is 0 Å². The third-order valence-electron chi connectivity index (χ3n) is 9.41. The number of ether oxygens (including phenoxy) is 7. The second-order valence-corrected chi connectivity index (χ2v) is 13.3. The first kappa shape index (κ1) is 44.4. The van der Waals surface area contributed by atoms with Crippen molar-refractivity contribution < 1.29 is 104 Å². The first-order valence-corrected chi connectivity index (χ1v) is 17.1. The minimum atomic E-state index is -1.99. The van der Waals surface area contributed by atoms with E-state index in [-0.39, 0.29) is 0 Å². The number of aliphatic hydroxyl groups excluding tert-OH is 11. The lowest BCUT2D eigenvalue weighted by Crippen LogP contribution is -2.71. The Morgan fingerprint density at radius 2 is 0.833 bits per heavy atom. The molecule has 4 saturated heterocycles. The average Bonchev–Trinajstić information content (AvgIpc) is 3.12. The van der Waals surface area contributed by atoms with Crippen molar-refractivity contribution in [2.75, 3.05) is 26.4 Å². The normalized spacial score (nSPS) is 45.7. The third kappa shape index (κ3) is 9.79. The van der Waals surface area contributed by atoms with Crippen molar-refractivity contribution >= 4 is 17.7 Å². The van der Waals surface area contributed by atoms with Crippen LogP contribution in [0, 0.1) is 0 Å². The predicted molar refractivity (Wildman–Crippen MR) is 169 cm³/mol. The molecule has 4 fully saturated rings. The van der Waals surface area contributed by atoms with E-state index in [9.17, 15) is 70.6 Å². The molecule has 4 heterocycles. The number of aliphatic hydroxyl groups is 11. The number of amides is 3. The van der Waals surface area contributed by atoms with E-state index in [0.29, 0.717) is 0 Å². The Morgan fingerprint density at radius 1 is 0.444 bits per heavy atom. The molecule has 4 rings (SSSR count). The van der Waals surface area contributed by atoms with E-state index >= 15 is 0 Å².